The van der Waals surface area contributed by atoms with Gasteiger partial charge in [-0.25, -0.2) is 10.2 Å². The first-order chi connectivity index (χ1) is 10.6. The normalized spacial score (nSPS) is 10.3. The average molecular weight is 297 g/mol. The Morgan fingerprint density at radius 2 is 1.95 bits per heavy atom. The maximum Gasteiger partial charge on any atom is 0.352 e. The largest absolute Gasteiger partial charge is 0.352 e. The standard InChI is InChI=1S/C16H19N5O/c1-5-10-17-20-15-18-14(21(6-2)16(22)19-15)13-11(3)8-7-9-12(13)4/h1,7-9,17H,6,10H2,2-4H3,(H,19,20,22). The number of aromatic nitrogens is 3. The lowest BCUT2D eigenvalue weighted by atomic mass is 10.0. The molecule has 0 fully saturated rings. The third-order valence-corrected chi connectivity index (χ3v) is 3.31. The van der Waals surface area contributed by atoms with Crippen LogP contribution in [0.4, 0.5) is 5.95 Å². The van der Waals surface area contributed by atoms with Gasteiger partial charge in [-0.15, -0.1) is 6.42 Å². The minimum absolute atomic E-state index is 0.211. The van der Waals surface area contributed by atoms with E-state index >= 15 is 0 Å². The minimum Gasteiger partial charge on any atom is -0.289 e. The summed E-state index contributed by atoms with van der Waals surface area (Å²) in [6, 6.07) is 5.98. The molecule has 22 heavy (non-hydrogen) atoms. The first kappa shape index (κ1) is 15.7. The van der Waals surface area contributed by atoms with Gasteiger partial charge in [0.2, 0.25) is 5.95 Å². The lowest BCUT2D eigenvalue weighted by Crippen LogP contribution is -2.30. The Morgan fingerprint density at radius 3 is 2.55 bits per heavy atom. The van der Waals surface area contributed by atoms with Crippen LogP contribution in [0, 0.1) is 26.2 Å². The number of hydrogen-bond donors (Lipinski definition) is 2. The second kappa shape index (κ2) is 6.87. The van der Waals surface area contributed by atoms with E-state index < -0.39 is 0 Å². The van der Waals surface area contributed by atoms with E-state index in [-0.39, 0.29) is 11.6 Å². The van der Waals surface area contributed by atoms with Crippen molar-refractivity contribution in [3.05, 3.63) is 39.8 Å². The molecule has 0 radical (unpaired) electrons. The first-order valence-electron chi connectivity index (χ1n) is 7.06. The molecule has 0 atom stereocenters. The molecule has 6 nitrogen and oxygen atoms in total. The van der Waals surface area contributed by atoms with Gasteiger partial charge in [-0.05, 0) is 31.9 Å². The van der Waals surface area contributed by atoms with Gasteiger partial charge < -0.3 is 0 Å². The van der Waals surface area contributed by atoms with Crippen molar-refractivity contribution in [2.24, 2.45) is 0 Å². The van der Waals surface area contributed by atoms with E-state index in [1.165, 1.54) is 0 Å². The molecular formula is C16H19N5O. The van der Waals surface area contributed by atoms with Crippen molar-refractivity contribution in [2.75, 3.05) is 12.0 Å². The number of nitrogens with zero attached hydrogens (tertiary/aromatic N) is 3. The second-order valence-electron chi connectivity index (χ2n) is 4.85. The van der Waals surface area contributed by atoms with Gasteiger partial charge in [-0.1, -0.05) is 24.1 Å². The minimum atomic E-state index is -0.347. The van der Waals surface area contributed by atoms with E-state index in [1.54, 1.807) is 4.57 Å². The molecule has 0 saturated heterocycles. The number of hydrogen-bond acceptors (Lipinski definition) is 5. The molecular weight excluding hydrogens is 278 g/mol. The van der Waals surface area contributed by atoms with Crippen LogP contribution in [0.1, 0.15) is 18.1 Å². The molecule has 0 aliphatic heterocycles. The molecule has 0 saturated carbocycles. The topological polar surface area (TPSA) is 71.8 Å². The lowest BCUT2D eigenvalue weighted by Gasteiger charge is -2.15. The van der Waals surface area contributed by atoms with Gasteiger partial charge in [0, 0.05) is 12.1 Å². The number of benzene rings is 1. The fraction of sp³-hybridized carbons (Fsp3) is 0.312. The van der Waals surface area contributed by atoms with Crippen LogP contribution in [-0.4, -0.2) is 21.1 Å². The van der Waals surface area contributed by atoms with Crippen LogP contribution in [-0.2, 0) is 6.54 Å². The summed E-state index contributed by atoms with van der Waals surface area (Å²) in [6.45, 7) is 6.70. The quantitative estimate of drug-likeness (QED) is 0.497. The predicted octanol–water partition coefficient (Wildman–Crippen LogP) is 1.49. The highest BCUT2D eigenvalue weighted by Crippen LogP contribution is 2.25. The number of terminal acetylenes is 1. The van der Waals surface area contributed by atoms with E-state index in [2.05, 4.69) is 26.7 Å². The Balaban J connectivity index is 2.58. The number of aryl methyl sites for hydroxylation is 2. The number of rotatable bonds is 5. The second-order valence-corrected chi connectivity index (χ2v) is 4.85. The molecule has 0 bridgehead atoms. The average Bonchev–Trinajstić information content (AvgIpc) is 2.47. The van der Waals surface area contributed by atoms with Crippen LogP contribution in [0.15, 0.2) is 23.0 Å². The fourth-order valence-electron chi connectivity index (χ4n) is 2.30. The molecule has 0 amide bonds. The first-order valence-corrected chi connectivity index (χ1v) is 7.06. The van der Waals surface area contributed by atoms with Crippen molar-refractivity contribution in [1.82, 2.24) is 20.0 Å². The zero-order valence-corrected chi connectivity index (χ0v) is 13.0. The Kier molecular flexibility index (Phi) is 4.92. The Hall–Kier alpha value is -2.65. The predicted molar refractivity (Wildman–Crippen MR) is 87.3 cm³/mol. The van der Waals surface area contributed by atoms with E-state index in [0.717, 1.165) is 16.7 Å². The van der Waals surface area contributed by atoms with Gasteiger partial charge >= 0.3 is 5.69 Å². The van der Waals surface area contributed by atoms with E-state index in [1.807, 2.05) is 39.0 Å². The Labute approximate surface area is 129 Å². The summed E-state index contributed by atoms with van der Waals surface area (Å²) in [6.07, 6.45) is 5.17. The summed E-state index contributed by atoms with van der Waals surface area (Å²) in [7, 11) is 0. The van der Waals surface area contributed by atoms with Gasteiger partial charge in [0.05, 0.1) is 6.54 Å². The summed E-state index contributed by atoms with van der Waals surface area (Å²) in [5.41, 5.74) is 8.24. The molecule has 114 valence electrons. The number of anilines is 1. The molecule has 0 aliphatic carbocycles. The van der Waals surface area contributed by atoms with Crippen molar-refractivity contribution >= 4 is 5.95 Å². The molecule has 2 N–H and O–H groups in total. The van der Waals surface area contributed by atoms with E-state index in [0.29, 0.717) is 18.9 Å². The molecule has 2 aromatic rings. The molecule has 6 heteroatoms. The molecule has 0 unspecified atom stereocenters. The molecule has 0 aliphatic rings. The molecule has 1 aromatic heterocycles. The zero-order chi connectivity index (χ0) is 16.1. The maximum atomic E-state index is 12.2. The van der Waals surface area contributed by atoms with Crippen LogP contribution < -0.4 is 16.5 Å². The summed E-state index contributed by atoms with van der Waals surface area (Å²) < 4.78 is 1.56. The van der Waals surface area contributed by atoms with Crippen molar-refractivity contribution in [2.45, 2.75) is 27.3 Å². The Morgan fingerprint density at radius 1 is 1.27 bits per heavy atom. The highest BCUT2D eigenvalue weighted by Gasteiger charge is 2.14. The van der Waals surface area contributed by atoms with Crippen LogP contribution in [0.25, 0.3) is 11.4 Å². The fourth-order valence-corrected chi connectivity index (χ4v) is 2.30. The summed E-state index contributed by atoms with van der Waals surface area (Å²) >= 11 is 0. The van der Waals surface area contributed by atoms with Crippen LogP contribution >= 0.6 is 0 Å². The Bertz CT molecular complexity index is 753. The smallest absolute Gasteiger partial charge is 0.289 e. The van der Waals surface area contributed by atoms with Crippen LogP contribution in [0.2, 0.25) is 0 Å². The van der Waals surface area contributed by atoms with Gasteiger partial charge in [0.25, 0.3) is 0 Å². The number of nitrogens with one attached hydrogen (secondary N) is 2. The summed E-state index contributed by atoms with van der Waals surface area (Å²) in [4.78, 5) is 20.6. The molecule has 1 aromatic carbocycles. The van der Waals surface area contributed by atoms with Crippen molar-refractivity contribution in [3.63, 3.8) is 0 Å². The van der Waals surface area contributed by atoms with Gasteiger partial charge in [0.15, 0.2) is 0 Å². The van der Waals surface area contributed by atoms with Gasteiger partial charge in [-0.2, -0.15) is 9.97 Å². The van der Waals surface area contributed by atoms with Gasteiger partial charge in [0.1, 0.15) is 5.82 Å². The van der Waals surface area contributed by atoms with E-state index in [4.69, 9.17) is 6.42 Å². The van der Waals surface area contributed by atoms with Crippen LogP contribution in [0.3, 0.4) is 0 Å². The molecule has 1 heterocycles. The lowest BCUT2D eigenvalue weighted by molar-refractivity contribution is 0.682. The molecule has 2 rings (SSSR count). The number of hydrazine groups is 1. The van der Waals surface area contributed by atoms with Crippen molar-refractivity contribution in [1.29, 1.82) is 0 Å². The zero-order valence-electron chi connectivity index (χ0n) is 13.0. The monoisotopic (exact) mass is 297 g/mol. The molecule has 0 spiro atoms. The summed E-state index contributed by atoms with van der Waals surface area (Å²) in [5, 5.41) is 0. The maximum absolute atomic E-state index is 12.2. The highest BCUT2D eigenvalue weighted by molar-refractivity contribution is 5.65. The third kappa shape index (κ3) is 3.15. The third-order valence-electron chi connectivity index (χ3n) is 3.31. The van der Waals surface area contributed by atoms with Crippen molar-refractivity contribution in [3.8, 4) is 23.7 Å². The van der Waals surface area contributed by atoms with Crippen LogP contribution in [0.5, 0.6) is 0 Å². The highest BCUT2D eigenvalue weighted by atomic mass is 16.1. The van der Waals surface area contributed by atoms with E-state index in [9.17, 15) is 4.79 Å². The van der Waals surface area contributed by atoms with Crippen molar-refractivity contribution < 1.29 is 0 Å². The summed E-state index contributed by atoms with van der Waals surface area (Å²) in [5.74, 6) is 3.24. The van der Waals surface area contributed by atoms with Gasteiger partial charge in [-0.3, -0.25) is 9.99 Å². The SMILES string of the molecule is C#CCNNc1nc(-c2c(C)cccc2C)n(CC)c(=O)n1.